The van der Waals surface area contributed by atoms with Crippen LogP contribution in [0, 0.1) is 0 Å². The second-order valence-electron chi connectivity index (χ2n) is 3.90. The fourth-order valence-electron chi connectivity index (χ4n) is 1.84. The molecule has 0 aromatic carbocycles. The molecule has 0 saturated carbocycles. The number of hydrogen-bond acceptors (Lipinski definition) is 3. The molecule has 0 aliphatic rings. The average molecular weight is 261 g/mol. The van der Waals surface area contributed by atoms with Crippen LogP contribution in [0.3, 0.4) is 0 Å². The zero-order valence-electron chi connectivity index (χ0n) is 10.1. The lowest BCUT2D eigenvalue weighted by atomic mass is 10.2. The molecule has 0 aliphatic heterocycles. The van der Waals surface area contributed by atoms with Gasteiger partial charge in [0.2, 0.25) is 0 Å². The van der Waals surface area contributed by atoms with Crippen molar-refractivity contribution in [2.45, 2.75) is 32.7 Å². The number of halogens is 1. The summed E-state index contributed by atoms with van der Waals surface area (Å²) in [5.74, 6) is 0. The zero-order chi connectivity index (χ0) is 12.0. The monoisotopic (exact) mass is 260 g/mol. The fourth-order valence-corrected chi connectivity index (χ4v) is 3.07. The lowest BCUT2D eigenvalue weighted by molar-refractivity contribution is 0.212. The zero-order valence-corrected chi connectivity index (χ0v) is 11.7. The molecule has 0 fully saturated rings. The third-order valence-corrected chi connectivity index (χ3v) is 4.17. The van der Waals surface area contributed by atoms with Crippen molar-refractivity contribution in [1.29, 1.82) is 0 Å². The summed E-state index contributed by atoms with van der Waals surface area (Å²) in [6.07, 6.45) is 2.45. The van der Waals surface area contributed by atoms with E-state index in [0.717, 1.165) is 18.1 Å². The van der Waals surface area contributed by atoms with Crippen LogP contribution in [0.4, 0.5) is 0 Å². The van der Waals surface area contributed by atoms with Crippen molar-refractivity contribution in [3.8, 4) is 0 Å². The summed E-state index contributed by atoms with van der Waals surface area (Å²) in [7, 11) is 0. The number of hydrogen-bond donors (Lipinski definition) is 1. The third-order valence-electron chi connectivity index (χ3n) is 2.79. The molecule has 0 saturated heterocycles. The average Bonchev–Trinajstić information content (AvgIpc) is 2.70. The molecular formula is C12H21ClN2S. The van der Waals surface area contributed by atoms with Crippen molar-refractivity contribution in [2.24, 2.45) is 5.73 Å². The van der Waals surface area contributed by atoms with Crippen LogP contribution < -0.4 is 5.73 Å². The highest BCUT2D eigenvalue weighted by Crippen LogP contribution is 2.28. The Kier molecular flexibility index (Phi) is 6.36. The highest BCUT2D eigenvalue weighted by Gasteiger charge is 2.18. The summed E-state index contributed by atoms with van der Waals surface area (Å²) in [5, 5.41) is 2.80. The molecule has 1 atom stereocenters. The maximum absolute atomic E-state index is 5.96. The van der Waals surface area contributed by atoms with E-state index >= 15 is 0 Å². The first-order chi connectivity index (χ1) is 7.72. The molecule has 1 unspecified atom stereocenters. The minimum atomic E-state index is 0.328. The van der Waals surface area contributed by atoms with Crippen LogP contribution in [0.1, 0.15) is 37.6 Å². The molecule has 0 radical (unpaired) electrons. The molecule has 16 heavy (non-hydrogen) atoms. The number of nitrogens with zero attached hydrogens (tertiary/aromatic N) is 1. The molecule has 4 heteroatoms. The molecule has 0 bridgehead atoms. The number of unbranched alkanes of at least 4 members (excludes halogenated alkanes) is 1. The first-order valence-electron chi connectivity index (χ1n) is 5.90. The lowest BCUT2D eigenvalue weighted by Gasteiger charge is -2.28. The van der Waals surface area contributed by atoms with Crippen molar-refractivity contribution in [2.75, 3.05) is 19.6 Å². The summed E-state index contributed by atoms with van der Waals surface area (Å²) in [6, 6.07) is 2.37. The molecule has 1 rings (SSSR count). The summed E-state index contributed by atoms with van der Waals surface area (Å²) in [4.78, 5) is 3.72. The normalized spacial score (nSPS) is 13.3. The van der Waals surface area contributed by atoms with E-state index in [4.69, 9.17) is 17.3 Å². The second-order valence-corrected chi connectivity index (χ2v) is 5.28. The van der Waals surface area contributed by atoms with Crippen LogP contribution in [0.5, 0.6) is 0 Å². The van der Waals surface area contributed by atoms with Gasteiger partial charge in [-0.25, -0.2) is 0 Å². The Morgan fingerprint density at radius 1 is 1.50 bits per heavy atom. The highest BCUT2D eigenvalue weighted by atomic mass is 35.5. The third kappa shape index (κ3) is 3.74. The Morgan fingerprint density at radius 3 is 2.69 bits per heavy atom. The summed E-state index contributed by atoms with van der Waals surface area (Å²) >= 11 is 7.67. The molecule has 92 valence electrons. The van der Waals surface area contributed by atoms with Gasteiger partial charge < -0.3 is 5.73 Å². The van der Waals surface area contributed by atoms with E-state index in [1.807, 2.05) is 11.4 Å². The highest BCUT2D eigenvalue weighted by molar-refractivity contribution is 7.10. The van der Waals surface area contributed by atoms with Crippen LogP contribution in [0.25, 0.3) is 0 Å². The van der Waals surface area contributed by atoms with Gasteiger partial charge in [-0.1, -0.05) is 31.9 Å². The van der Waals surface area contributed by atoms with Gasteiger partial charge in [-0.2, -0.15) is 0 Å². The van der Waals surface area contributed by atoms with E-state index in [-0.39, 0.29) is 0 Å². The minimum absolute atomic E-state index is 0.328. The lowest BCUT2D eigenvalue weighted by Crippen LogP contribution is -2.33. The number of thiophene rings is 1. The van der Waals surface area contributed by atoms with Gasteiger partial charge in [-0.3, -0.25) is 4.90 Å². The molecule has 2 nitrogen and oxygen atoms in total. The first kappa shape index (κ1) is 14.0. The number of nitrogens with two attached hydrogens (primary N) is 1. The van der Waals surface area contributed by atoms with Crippen LogP contribution in [0.2, 0.25) is 5.02 Å². The molecule has 1 heterocycles. The van der Waals surface area contributed by atoms with Crippen LogP contribution >= 0.6 is 22.9 Å². The van der Waals surface area contributed by atoms with E-state index < -0.39 is 0 Å². The largest absolute Gasteiger partial charge is 0.329 e. The molecule has 0 spiro atoms. The Bertz CT molecular complexity index is 301. The van der Waals surface area contributed by atoms with Gasteiger partial charge in [0.25, 0.3) is 0 Å². The number of rotatable bonds is 7. The van der Waals surface area contributed by atoms with Gasteiger partial charge in [0, 0.05) is 16.8 Å². The van der Waals surface area contributed by atoms with Gasteiger partial charge >= 0.3 is 0 Å². The topological polar surface area (TPSA) is 29.3 Å². The SMILES string of the molecule is CCCCN(CC)C(CN)c1cc(Cl)cs1. The molecule has 0 aliphatic carbocycles. The Hall–Kier alpha value is -0.0900. The Labute approximate surface area is 107 Å². The van der Waals surface area contributed by atoms with E-state index in [9.17, 15) is 0 Å². The van der Waals surface area contributed by atoms with Gasteiger partial charge in [-0.15, -0.1) is 11.3 Å². The van der Waals surface area contributed by atoms with Crippen molar-refractivity contribution in [3.05, 3.63) is 21.3 Å². The summed E-state index contributed by atoms with van der Waals surface area (Å²) in [5.41, 5.74) is 5.88. The quantitative estimate of drug-likeness (QED) is 0.813. The predicted molar refractivity (Wildman–Crippen MR) is 73.3 cm³/mol. The molecular weight excluding hydrogens is 240 g/mol. The van der Waals surface area contributed by atoms with Gasteiger partial charge in [0.05, 0.1) is 11.1 Å². The van der Waals surface area contributed by atoms with Crippen molar-refractivity contribution in [3.63, 3.8) is 0 Å². The van der Waals surface area contributed by atoms with Gasteiger partial charge in [0.15, 0.2) is 0 Å². The maximum atomic E-state index is 5.96. The van der Waals surface area contributed by atoms with Gasteiger partial charge in [-0.05, 0) is 25.6 Å². The van der Waals surface area contributed by atoms with Crippen LogP contribution in [-0.2, 0) is 0 Å². The minimum Gasteiger partial charge on any atom is -0.329 e. The Morgan fingerprint density at radius 2 is 2.25 bits per heavy atom. The molecule has 1 aromatic rings. The first-order valence-corrected chi connectivity index (χ1v) is 7.16. The second kappa shape index (κ2) is 7.28. The predicted octanol–water partition coefficient (Wildman–Crippen LogP) is 3.52. The maximum Gasteiger partial charge on any atom is 0.0564 e. The van der Waals surface area contributed by atoms with Crippen molar-refractivity contribution < 1.29 is 0 Å². The summed E-state index contributed by atoms with van der Waals surface area (Å²) < 4.78 is 0. The number of likely N-dealkylation sites (N-methyl/N-ethyl adjacent to an activating group) is 1. The molecule has 1 aromatic heterocycles. The Balaban J connectivity index is 2.70. The standard InChI is InChI=1S/C12H21ClN2S/c1-3-5-6-15(4-2)11(8-14)12-7-10(13)9-16-12/h7,9,11H,3-6,8,14H2,1-2H3. The van der Waals surface area contributed by atoms with E-state index in [0.29, 0.717) is 12.6 Å². The summed E-state index contributed by atoms with van der Waals surface area (Å²) in [6.45, 7) is 7.22. The smallest absolute Gasteiger partial charge is 0.0564 e. The van der Waals surface area contributed by atoms with Crippen LogP contribution in [-0.4, -0.2) is 24.5 Å². The van der Waals surface area contributed by atoms with E-state index in [1.54, 1.807) is 11.3 Å². The fraction of sp³-hybridized carbons (Fsp3) is 0.667. The van der Waals surface area contributed by atoms with E-state index in [1.165, 1.54) is 17.7 Å². The van der Waals surface area contributed by atoms with Crippen molar-refractivity contribution >= 4 is 22.9 Å². The van der Waals surface area contributed by atoms with Crippen LogP contribution in [0.15, 0.2) is 11.4 Å². The molecule has 0 amide bonds. The molecule has 2 N–H and O–H groups in total. The van der Waals surface area contributed by atoms with Crippen molar-refractivity contribution in [1.82, 2.24) is 4.90 Å². The van der Waals surface area contributed by atoms with Gasteiger partial charge in [0.1, 0.15) is 0 Å². The van der Waals surface area contributed by atoms with E-state index in [2.05, 4.69) is 18.7 Å².